The number of halogens is 1. The zero-order valence-electron chi connectivity index (χ0n) is 13.1. The summed E-state index contributed by atoms with van der Waals surface area (Å²) in [6, 6.07) is 2.51. The topological polar surface area (TPSA) is 27.7 Å². The van der Waals surface area contributed by atoms with E-state index in [1.54, 1.807) is 0 Å². The van der Waals surface area contributed by atoms with Crippen molar-refractivity contribution in [1.29, 1.82) is 0 Å². The number of benzene rings is 1. The monoisotopic (exact) mass is 292 g/mol. The molecule has 0 unspecified atom stereocenters. The lowest BCUT2D eigenvalue weighted by atomic mass is 9.52. The van der Waals surface area contributed by atoms with Crippen LogP contribution in [0.15, 0.2) is 12.1 Å². The average molecular weight is 291 g/mol. The highest BCUT2D eigenvalue weighted by Gasteiger charge is 2.53. The van der Waals surface area contributed by atoms with Crippen LogP contribution in [0.5, 0.6) is 5.75 Å². The molecule has 1 heterocycles. The number of hydrogen-bond acceptors (Lipinski definition) is 3. The van der Waals surface area contributed by atoms with E-state index in [1.807, 2.05) is 27.7 Å². The van der Waals surface area contributed by atoms with Gasteiger partial charge in [-0.1, -0.05) is 11.5 Å². The van der Waals surface area contributed by atoms with Gasteiger partial charge in [-0.25, -0.2) is 4.39 Å². The van der Waals surface area contributed by atoms with Crippen molar-refractivity contribution < 1.29 is 18.4 Å². The van der Waals surface area contributed by atoms with Crippen LogP contribution in [0, 0.1) is 5.82 Å². The Morgan fingerprint density at radius 3 is 2.05 bits per heavy atom. The van der Waals surface area contributed by atoms with Crippen LogP contribution in [-0.2, 0) is 9.31 Å². The number of rotatable bonds is 3. The maximum absolute atomic E-state index is 14.3. The molecule has 1 saturated heterocycles. The fraction of sp³-hybridized carbons (Fsp3) is 0.538. The molecule has 2 rings (SSSR count). The van der Waals surface area contributed by atoms with Crippen LogP contribution in [0.2, 0.25) is 0 Å². The third-order valence-electron chi connectivity index (χ3n) is 3.94. The number of hydrogen-bond donors (Lipinski definition) is 0. The second-order valence-electron chi connectivity index (χ2n) is 6.42. The van der Waals surface area contributed by atoms with Gasteiger partial charge in [0.2, 0.25) is 0 Å². The molecule has 1 aromatic rings. The van der Waals surface area contributed by atoms with Gasteiger partial charge >= 0.3 is 7.12 Å². The van der Waals surface area contributed by atoms with Crippen molar-refractivity contribution >= 4 is 49.4 Å². The molecular weight excluding hydrogens is 277 g/mol. The normalized spacial score (nSPS) is 20.1. The van der Waals surface area contributed by atoms with Crippen molar-refractivity contribution in [2.75, 3.05) is 0 Å². The molecule has 106 valence electrons. The molecule has 1 aliphatic rings. The molecule has 0 atom stereocenters. The second-order valence-corrected chi connectivity index (χ2v) is 6.42. The standard InChI is InChI=1S/C13H14B5FO3/c1-11(2)12(3,4)22-18(21-11)9-8(19)6-5-7(14)10(9)20-13(15,16)17/h5-6H,1-4H3. The average Bonchev–Trinajstić information content (AvgIpc) is 2.51. The minimum Gasteiger partial charge on any atom is -0.517 e. The first-order valence-corrected chi connectivity index (χ1v) is 6.83. The molecule has 0 saturated carbocycles. The number of ether oxygens (including phenoxy) is 1. The molecule has 0 N–H and O–H groups in total. The van der Waals surface area contributed by atoms with Crippen molar-refractivity contribution in [1.82, 2.24) is 0 Å². The van der Waals surface area contributed by atoms with Gasteiger partial charge in [-0.3, -0.25) is 0 Å². The quantitative estimate of drug-likeness (QED) is 0.697. The lowest BCUT2D eigenvalue weighted by molar-refractivity contribution is 0.00578. The van der Waals surface area contributed by atoms with E-state index < -0.39 is 29.4 Å². The molecule has 0 aromatic heterocycles. The summed E-state index contributed by atoms with van der Waals surface area (Å²) >= 11 is 0. The molecule has 0 aliphatic carbocycles. The lowest BCUT2D eigenvalue weighted by Crippen LogP contribution is -2.46. The highest BCUT2D eigenvalue weighted by Crippen LogP contribution is 2.37. The third-order valence-corrected chi connectivity index (χ3v) is 3.94. The van der Waals surface area contributed by atoms with Crippen LogP contribution >= 0.6 is 0 Å². The van der Waals surface area contributed by atoms with E-state index in [0.717, 1.165) is 0 Å². The fourth-order valence-electron chi connectivity index (χ4n) is 2.06. The molecule has 3 nitrogen and oxygen atoms in total. The summed E-state index contributed by atoms with van der Waals surface area (Å²) < 4.78 is 31.2. The Morgan fingerprint density at radius 1 is 1.09 bits per heavy atom. The van der Waals surface area contributed by atoms with Crippen molar-refractivity contribution in [3.8, 4) is 5.75 Å². The van der Waals surface area contributed by atoms with Crippen molar-refractivity contribution in [3.63, 3.8) is 0 Å². The van der Waals surface area contributed by atoms with Crippen LogP contribution in [-0.4, -0.2) is 55.0 Å². The van der Waals surface area contributed by atoms with Crippen molar-refractivity contribution in [2.24, 2.45) is 0 Å². The summed E-state index contributed by atoms with van der Waals surface area (Å²) in [5.41, 5.74) is -1.21. The third kappa shape index (κ3) is 3.25. The molecule has 8 radical (unpaired) electrons. The van der Waals surface area contributed by atoms with Gasteiger partial charge in [-0.2, -0.15) is 0 Å². The van der Waals surface area contributed by atoms with Crippen LogP contribution in [0.3, 0.4) is 0 Å². The predicted molar refractivity (Wildman–Crippen MR) is 88.1 cm³/mol. The summed E-state index contributed by atoms with van der Waals surface area (Å²) in [6.07, 6.45) is 0. The van der Waals surface area contributed by atoms with E-state index in [2.05, 4.69) is 0 Å². The summed E-state index contributed by atoms with van der Waals surface area (Å²) in [5, 5.41) is -2.01. The largest absolute Gasteiger partial charge is 0.517 e. The van der Waals surface area contributed by atoms with Crippen molar-refractivity contribution in [2.45, 2.75) is 44.2 Å². The van der Waals surface area contributed by atoms with E-state index in [0.29, 0.717) is 0 Å². The molecular formula is C13H14B5FO3. The van der Waals surface area contributed by atoms with Gasteiger partial charge in [0.15, 0.2) is 0 Å². The molecule has 9 heteroatoms. The molecule has 22 heavy (non-hydrogen) atoms. The van der Waals surface area contributed by atoms with E-state index in [-0.39, 0.29) is 16.7 Å². The maximum atomic E-state index is 14.3. The Bertz CT molecular complexity index is 570. The summed E-state index contributed by atoms with van der Waals surface area (Å²) in [5.74, 6) is -0.710. The first-order chi connectivity index (χ1) is 9.84. The smallest absolute Gasteiger partial charge is 0.501 e. The molecule has 1 aliphatic heterocycles. The van der Waals surface area contributed by atoms with Crippen molar-refractivity contribution in [3.05, 3.63) is 17.9 Å². The maximum Gasteiger partial charge on any atom is 0.501 e. The SMILES string of the molecule is [B]c1ccc(F)c(B2OC(C)(C)C(C)(C)O2)c1OC([B])([B])[B]. The molecule has 0 bridgehead atoms. The van der Waals surface area contributed by atoms with E-state index >= 15 is 0 Å². The lowest BCUT2D eigenvalue weighted by Gasteiger charge is -2.32. The minimum atomic E-state index is -2.01. The van der Waals surface area contributed by atoms with Gasteiger partial charge in [0.25, 0.3) is 0 Å². The molecule has 0 amide bonds. The van der Waals surface area contributed by atoms with E-state index in [4.69, 9.17) is 45.4 Å². The van der Waals surface area contributed by atoms with Gasteiger partial charge in [0, 0.05) is 0 Å². The fourth-order valence-corrected chi connectivity index (χ4v) is 2.06. The second kappa shape index (κ2) is 5.38. The van der Waals surface area contributed by atoms with Crippen LogP contribution in [0.4, 0.5) is 4.39 Å². The van der Waals surface area contributed by atoms with E-state index in [9.17, 15) is 4.39 Å². The Morgan fingerprint density at radius 2 is 1.59 bits per heavy atom. The summed E-state index contributed by atoms with van der Waals surface area (Å²) in [4.78, 5) is 0. The van der Waals surface area contributed by atoms with Crippen LogP contribution in [0.1, 0.15) is 27.7 Å². The van der Waals surface area contributed by atoms with Gasteiger partial charge in [0.05, 0.1) is 16.7 Å². The highest BCUT2D eigenvalue weighted by atomic mass is 19.1. The zero-order chi connectivity index (χ0) is 16.9. The molecule has 0 spiro atoms. The van der Waals surface area contributed by atoms with Gasteiger partial charge in [-0.15, -0.1) is 0 Å². The highest BCUT2D eigenvalue weighted by molar-refractivity contribution is 6.64. The zero-order valence-corrected chi connectivity index (χ0v) is 13.1. The first-order valence-electron chi connectivity index (χ1n) is 6.83. The Balaban J connectivity index is 2.50. The van der Waals surface area contributed by atoms with Crippen LogP contribution in [0.25, 0.3) is 0 Å². The Labute approximate surface area is 136 Å². The van der Waals surface area contributed by atoms with E-state index in [1.165, 1.54) is 12.1 Å². The Kier molecular flexibility index (Phi) is 4.29. The Hall–Kier alpha value is -0.805. The summed E-state index contributed by atoms with van der Waals surface area (Å²) in [6.45, 7) is 7.38. The minimum absolute atomic E-state index is 0.0237. The summed E-state index contributed by atoms with van der Waals surface area (Å²) in [7, 11) is 21.1. The first kappa shape index (κ1) is 17.5. The van der Waals surface area contributed by atoms with Gasteiger partial charge in [0.1, 0.15) is 43.0 Å². The van der Waals surface area contributed by atoms with Crippen LogP contribution < -0.4 is 15.7 Å². The van der Waals surface area contributed by atoms with Gasteiger partial charge in [-0.05, 0) is 39.1 Å². The van der Waals surface area contributed by atoms with Gasteiger partial charge < -0.3 is 14.0 Å². The predicted octanol–water partition coefficient (Wildman–Crippen LogP) is -0.586. The molecule has 1 fully saturated rings. The molecule has 1 aromatic carbocycles.